The molecule has 1 saturated heterocycles. The Balaban J connectivity index is 1.76. The van der Waals surface area contributed by atoms with Gasteiger partial charge in [0.25, 0.3) is 0 Å². The van der Waals surface area contributed by atoms with E-state index in [9.17, 15) is 30.8 Å². The van der Waals surface area contributed by atoms with Gasteiger partial charge in [-0.3, -0.25) is 15.1 Å². The normalized spacial score (nSPS) is 19.0. The Morgan fingerprint density at radius 3 is 2.50 bits per heavy atom. The predicted octanol–water partition coefficient (Wildman–Crippen LogP) is 1.11. The van der Waals surface area contributed by atoms with Crippen molar-refractivity contribution in [1.82, 2.24) is 25.6 Å². The highest BCUT2D eigenvalue weighted by atomic mass is 32.2. The fourth-order valence-electron chi connectivity index (χ4n) is 2.91. The number of hydrogen-bond acceptors (Lipinski definition) is 7. The molecule has 0 aromatic carbocycles. The quantitative estimate of drug-likeness (QED) is 0.535. The zero-order valence-electron chi connectivity index (χ0n) is 15.4. The van der Waals surface area contributed by atoms with Gasteiger partial charge in [0, 0.05) is 42.5 Å². The number of amides is 1. The number of nitrogens with zero attached hydrogens (tertiary/aromatic N) is 3. The maximum atomic E-state index is 14.1. The third kappa shape index (κ3) is 4.79. The van der Waals surface area contributed by atoms with Crippen LogP contribution in [0.4, 0.5) is 17.6 Å². The van der Waals surface area contributed by atoms with Gasteiger partial charge in [-0.25, -0.2) is 14.4 Å². The van der Waals surface area contributed by atoms with Crippen molar-refractivity contribution in [3.63, 3.8) is 0 Å². The van der Waals surface area contributed by atoms with Crippen LogP contribution in [0.15, 0.2) is 24.7 Å². The lowest BCUT2D eigenvalue weighted by Gasteiger charge is -2.13. The van der Waals surface area contributed by atoms with Crippen LogP contribution >= 0.6 is 0 Å². The predicted molar refractivity (Wildman–Crippen MR) is 97.0 cm³/mol. The summed E-state index contributed by atoms with van der Waals surface area (Å²) in [6.45, 7) is 1.44. The average Bonchev–Trinajstić information content (AvgIpc) is 3.09. The summed E-state index contributed by atoms with van der Waals surface area (Å²) in [5, 5.41) is 5.29. The van der Waals surface area contributed by atoms with E-state index < -0.39 is 40.1 Å². The largest absolute Gasteiger partial charge is 0.451 e. The van der Waals surface area contributed by atoms with Gasteiger partial charge in [-0.1, -0.05) is 0 Å². The summed E-state index contributed by atoms with van der Waals surface area (Å²) in [6.07, 6.45) is -1.83. The van der Waals surface area contributed by atoms with Crippen LogP contribution in [0.1, 0.15) is 24.7 Å². The number of nitrogens with one attached hydrogen (secondary N) is 2. The SMILES string of the molecule is CC1CC(=S(=O)=O)C(C(=O)NCc2cc(-c3cnc(C(F)(F)F)nc3)ncc2F)N1. The Morgan fingerprint density at radius 2 is 1.90 bits per heavy atom. The molecule has 3 heterocycles. The first-order chi connectivity index (χ1) is 14.1. The molecule has 0 saturated carbocycles. The molecule has 1 aliphatic heterocycles. The molecule has 1 aliphatic rings. The Hall–Kier alpha value is -2.93. The number of carbonyl (C=O) groups is 1. The van der Waals surface area contributed by atoms with Gasteiger partial charge in [0.1, 0.15) is 11.9 Å². The topological polar surface area (TPSA) is 114 Å². The maximum Gasteiger partial charge on any atom is 0.451 e. The van der Waals surface area contributed by atoms with Gasteiger partial charge in [-0.2, -0.15) is 21.6 Å². The highest BCUT2D eigenvalue weighted by Gasteiger charge is 2.35. The number of halogens is 4. The van der Waals surface area contributed by atoms with Crippen molar-refractivity contribution >= 4 is 21.1 Å². The van der Waals surface area contributed by atoms with Crippen LogP contribution in [0.25, 0.3) is 11.3 Å². The second-order valence-electron chi connectivity index (χ2n) is 6.58. The number of carbonyl (C=O) groups excluding carboxylic acids is 1. The fourth-order valence-corrected chi connectivity index (χ4v) is 3.66. The first-order valence-corrected chi connectivity index (χ1v) is 9.66. The molecule has 0 radical (unpaired) electrons. The molecule has 3 rings (SSSR count). The van der Waals surface area contributed by atoms with Gasteiger partial charge in [0.05, 0.1) is 16.8 Å². The molecule has 0 aliphatic carbocycles. The van der Waals surface area contributed by atoms with Gasteiger partial charge >= 0.3 is 6.18 Å². The van der Waals surface area contributed by atoms with Crippen LogP contribution in [-0.4, -0.2) is 46.2 Å². The van der Waals surface area contributed by atoms with Crippen LogP contribution in [0, 0.1) is 5.82 Å². The molecular weight excluding hydrogens is 430 g/mol. The summed E-state index contributed by atoms with van der Waals surface area (Å²) in [5.74, 6) is -2.72. The summed E-state index contributed by atoms with van der Waals surface area (Å²) < 4.78 is 74.3. The van der Waals surface area contributed by atoms with E-state index in [-0.39, 0.29) is 40.7 Å². The highest BCUT2D eigenvalue weighted by Crippen LogP contribution is 2.27. The standard InChI is InChI=1S/C17H15F4N5O3S/c1-8-2-13(30(28)29)14(26-8)15(27)23-4-9-3-12(22-7-11(9)18)10-5-24-16(25-6-10)17(19,20)21/h3,5-8,14,26H,2,4H2,1H3,(H,23,27). The Bertz CT molecular complexity index is 1100. The van der Waals surface area contributed by atoms with Crippen molar-refractivity contribution in [1.29, 1.82) is 0 Å². The summed E-state index contributed by atoms with van der Waals surface area (Å²) in [6, 6.07) is -0.0218. The van der Waals surface area contributed by atoms with Crippen LogP contribution in [-0.2, 0) is 27.8 Å². The lowest BCUT2D eigenvalue weighted by Crippen LogP contribution is -2.45. The lowest BCUT2D eigenvalue weighted by atomic mass is 10.1. The average molecular weight is 445 g/mol. The Morgan fingerprint density at radius 1 is 1.23 bits per heavy atom. The molecule has 13 heteroatoms. The zero-order valence-corrected chi connectivity index (χ0v) is 16.2. The van der Waals surface area contributed by atoms with E-state index in [4.69, 9.17) is 0 Å². The minimum atomic E-state index is -4.69. The summed E-state index contributed by atoms with van der Waals surface area (Å²) in [5.41, 5.74) is 0.234. The van der Waals surface area contributed by atoms with E-state index in [1.807, 2.05) is 0 Å². The van der Waals surface area contributed by atoms with Crippen molar-refractivity contribution in [2.75, 3.05) is 0 Å². The van der Waals surface area contributed by atoms with Crippen LogP contribution in [0.5, 0.6) is 0 Å². The molecule has 0 bridgehead atoms. The van der Waals surface area contributed by atoms with E-state index >= 15 is 0 Å². The molecular formula is C17H15F4N5O3S. The van der Waals surface area contributed by atoms with Crippen molar-refractivity contribution in [2.45, 2.75) is 38.1 Å². The van der Waals surface area contributed by atoms with Crippen molar-refractivity contribution in [3.05, 3.63) is 41.9 Å². The molecule has 2 aromatic rings. The summed E-state index contributed by atoms with van der Waals surface area (Å²) >= 11 is 0. The van der Waals surface area contributed by atoms with Crippen molar-refractivity contribution in [3.8, 4) is 11.3 Å². The molecule has 2 unspecified atom stereocenters. The first kappa shape index (κ1) is 21.8. The minimum Gasteiger partial charge on any atom is -0.350 e. The Kier molecular flexibility index (Phi) is 6.12. The molecule has 8 nitrogen and oxygen atoms in total. The van der Waals surface area contributed by atoms with Gasteiger partial charge in [0.15, 0.2) is 0 Å². The van der Waals surface area contributed by atoms with Gasteiger partial charge < -0.3 is 5.32 Å². The van der Waals surface area contributed by atoms with E-state index in [2.05, 4.69) is 25.6 Å². The monoisotopic (exact) mass is 445 g/mol. The van der Waals surface area contributed by atoms with Crippen LogP contribution in [0.2, 0.25) is 0 Å². The number of rotatable bonds is 4. The Labute approximate surface area is 169 Å². The van der Waals surface area contributed by atoms with Gasteiger partial charge in [0.2, 0.25) is 22.0 Å². The van der Waals surface area contributed by atoms with E-state index in [0.717, 1.165) is 18.6 Å². The molecule has 2 atom stereocenters. The molecule has 30 heavy (non-hydrogen) atoms. The maximum absolute atomic E-state index is 14.1. The highest BCUT2D eigenvalue weighted by molar-refractivity contribution is 7.73. The molecule has 1 amide bonds. The van der Waals surface area contributed by atoms with Gasteiger partial charge in [-0.15, -0.1) is 0 Å². The minimum absolute atomic E-state index is 0.00379. The van der Waals surface area contributed by atoms with Crippen LogP contribution in [0.3, 0.4) is 0 Å². The second-order valence-corrected chi connectivity index (χ2v) is 7.57. The molecule has 0 spiro atoms. The second kappa shape index (κ2) is 8.44. The van der Waals surface area contributed by atoms with E-state index in [1.54, 1.807) is 6.92 Å². The van der Waals surface area contributed by atoms with Gasteiger partial charge in [-0.05, 0) is 13.0 Å². The fraction of sp³-hybridized carbons (Fsp3) is 0.353. The number of pyridine rings is 1. The molecule has 2 N–H and O–H groups in total. The number of alkyl halides is 3. The smallest absolute Gasteiger partial charge is 0.350 e. The number of hydrogen-bond donors (Lipinski definition) is 2. The molecule has 160 valence electrons. The summed E-state index contributed by atoms with van der Waals surface area (Å²) in [7, 11) is -2.54. The van der Waals surface area contributed by atoms with E-state index in [0.29, 0.717) is 0 Å². The lowest BCUT2D eigenvalue weighted by molar-refractivity contribution is -0.145. The van der Waals surface area contributed by atoms with Crippen LogP contribution < -0.4 is 10.6 Å². The third-order valence-electron chi connectivity index (χ3n) is 4.35. The number of aromatic nitrogens is 3. The zero-order chi connectivity index (χ0) is 22.1. The molecule has 2 aromatic heterocycles. The first-order valence-electron chi connectivity index (χ1n) is 8.59. The van der Waals surface area contributed by atoms with Crippen molar-refractivity contribution < 1.29 is 30.8 Å². The molecule has 1 fully saturated rings. The van der Waals surface area contributed by atoms with E-state index in [1.165, 1.54) is 6.07 Å². The van der Waals surface area contributed by atoms with Crippen molar-refractivity contribution in [2.24, 2.45) is 0 Å². The summed E-state index contributed by atoms with van der Waals surface area (Å²) in [4.78, 5) is 22.6. The third-order valence-corrected chi connectivity index (χ3v) is 5.18.